The first-order valence-corrected chi connectivity index (χ1v) is 7.84. The van der Waals surface area contributed by atoms with Crippen LogP contribution in [-0.2, 0) is 11.5 Å². The number of hydrogen-bond donors (Lipinski definition) is 1. The predicted molar refractivity (Wildman–Crippen MR) is 81.7 cm³/mol. The summed E-state index contributed by atoms with van der Waals surface area (Å²) in [6.45, 7) is 3.92. The Kier molecular flexibility index (Phi) is 3.62. The average Bonchev–Trinajstić information content (AvgIpc) is 2.90. The van der Waals surface area contributed by atoms with E-state index in [4.69, 9.17) is 4.98 Å². The summed E-state index contributed by atoms with van der Waals surface area (Å²) in [4.78, 5) is 7.06. The van der Waals surface area contributed by atoms with Crippen molar-refractivity contribution in [1.29, 1.82) is 0 Å². The highest BCUT2D eigenvalue weighted by Crippen LogP contribution is 2.39. The van der Waals surface area contributed by atoms with Crippen LogP contribution in [0.15, 0.2) is 24.3 Å². The summed E-state index contributed by atoms with van der Waals surface area (Å²) in [7, 11) is 0. The highest BCUT2D eigenvalue weighted by Gasteiger charge is 2.22. The number of nitrogens with zero attached hydrogens (tertiary/aromatic N) is 2. The highest BCUT2D eigenvalue weighted by molar-refractivity contribution is 7.98. The zero-order chi connectivity index (χ0) is 13.2. The topological polar surface area (TPSA) is 36.4 Å². The number of likely N-dealkylation sites (N-methyl/N-ethyl adjacent to an activating group) is 1. The lowest BCUT2D eigenvalue weighted by molar-refractivity contribution is 0.302. The molecule has 3 nitrogen and oxygen atoms in total. The summed E-state index contributed by atoms with van der Waals surface area (Å²) in [5, 5.41) is 10.5. The van der Waals surface area contributed by atoms with Crippen molar-refractivity contribution < 1.29 is 5.11 Å². The van der Waals surface area contributed by atoms with Crippen molar-refractivity contribution in [2.75, 3.05) is 24.6 Å². The molecule has 1 aromatic heterocycles. The fourth-order valence-electron chi connectivity index (χ4n) is 2.71. The van der Waals surface area contributed by atoms with Crippen molar-refractivity contribution in [3.05, 3.63) is 35.5 Å². The Bertz CT molecular complexity index is 600. The lowest BCUT2D eigenvalue weighted by Crippen LogP contribution is -2.27. The van der Waals surface area contributed by atoms with Gasteiger partial charge in [-0.2, -0.15) is 11.8 Å². The summed E-state index contributed by atoms with van der Waals surface area (Å²) in [5.74, 6) is 2.04. The molecule has 1 aromatic carbocycles. The van der Waals surface area contributed by atoms with Crippen LogP contribution in [0.3, 0.4) is 0 Å². The molecule has 1 aliphatic heterocycles. The molecule has 2 aromatic rings. The van der Waals surface area contributed by atoms with Gasteiger partial charge >= 0.3 is 0 Å². The van der Waals surface area contributed by atoms with Gasteiger partial charge in [0.2, 0.25) is 0 Å². The molecular weight excluding hydrogens is 256 g/mol. The molecule has 0 saturated heterocycles. The number of rotatable bonds is 4. The van der Waals surface area contributed by atoms with Crippen LogP contribution < -0.4 is 4.90 Å². The molecule has 4 heteroatoms. The van der Waals surface area contributed by atoms with Crippen molar-refractivity contribution >= 4 is 28.4 Å². The maximum absolute atomic E-state index is 9.29. The Morgan fingerprint density at radius 1 is 1.32 bits per heavy atom. The number of aromatic nitrogens is 1. The first kappa shape index (κ1) is 12.8. The number of anilines is 1. The molecule has 3 rings (SSSR count). The molecule has 0 unspecified atom stereocenters. The Balaban J connectivity index is 2.24. The van der Waals surface area contributed by atoms with E-state index < -0.39 is 0 Å². The summed E-state index contributed by atoms with van der Waals surface area (Å²) >= 11 is 1.92. The Hall–Kier alpha value is -1.26. The zero-order valence-electron chi connectivity index (χ0n) is 11.1. The van der Waals surface area contributed by atoms with Gasteiger partial charge in [0, 0.05) is 35.5 Å². The van der Waals surface area contributed by atoms with Crippen LogP contribution in [0.25, 0.3) is 10.9 Å². The molecule has 1 N–H and O–H groups in total. The SMILES string of the molecule is CCN(CCO)c1c2c(nc3ccccc13)CSC2. The zero-order valence-corrected chi connectivity index (χ0v) is 11.9. The molecule has 0 spiro atoms. The van der Waals surface area contributed by atoms with E-state index in [2.05, 4.69) is 30.0 Å². The number of aliphatic hydroxyl groups excluding tert-OH is 1. The van der Waals surface area contributed by atoms with Crippen molar-refractivity contribution in [3.63, 3.8) is 0 Å². The second kappa shape index (κ2) is 5.39. The average molecular weight is 274 g/mol. The number of thioether (sulfide) groups is 1. The second-order valence-electron chi connectivity index (χ2n) is 4.70. The first-order chi connectivity index (χ1) is 9.35. The minimum absolute atomic E-state index is 0.187. The maximum atomic E-state index is 9.29. The lowest BCUT2D eigenvalue weighted by Gasteiger charge is -2.26. The third-order valence-electron chi connectivity index (χ3n) is 3.60. The van der Waals surface area contributed by atoms with Crippen LogP contribution in [-0.4, -0.2) is 29.8 Å². The van der Waals surface area contributed by atoms with Gasteiger partial charge in [0.15, 0.2) is 0 Å². The van der Waals surface area contributed by atoms with Gasteiger partial charge in [-0.25, -0.2) is 0 Å². The van der Waals surface area contributed by atoms with Crippen LogP contribution in [0.5, 0.6) is 0 Å². The van der Waals surface area contributed by atoms with Crippen molar-refractivity contribution in [3.8, 4) is 0 Å². The second-order valence-corrected chi connectivity index (χ2v) is 5.68. The normalized spacial score (nSPS) is 13.8. The number of benzene rings is 1. The fraction of sp³-hybridized carbons (Fsp3) is 0.400. The quantitative estimate of drug-likeness (QED) is 0.930. The third kappa shape index (κ3) is 2.19. The van der Waals surface area contributed by atoms with Crippen LogP contribution in [0.4, 0.5) is 5.69 Å². The van der Waals surface area contributed by atoms with Crippen LogP contribution in [0.2, 0.25) is 0 Å². The molecule has 0 radical (unpaired) electrons. The molecule has 0 atom stereocenters. The van der Waals surface area contributed by atoms with E-state index in [0.29, 0.717) is 6.54 Å². The van der Waals surface area contributed by atoms with Gasteiger partial charge in [-0.15, -0.1) is 0 Å². The van der Waals surface area contributed by atoms with Crippen molar-refractivity contribution in [1.82, 2.24) is 4.98 Å². The number of fused-ring (bicyclic) bond motifs is 2. The van der Waals surface area contributed by atoms with Gasteiger partial charge in [0.25, 0.3) is 0 Å². The van der Waals surface area contributed by atoms with Crippen LogP contribution >= 0.6 is 11.8 Å². The fourth-order valence-corrected chi connectivity index (χ4v) is 3.76. The smallest absolute Gasteiger partial charge is 0.0726 e. The molecule has 0 amide bonds. The third-order valence-corrected chi connectivity index (χ3v) is 4.57. The van der Waals surface area contributed by atoms with Crippen molar-refractivity contribution in [2.45, 2.75) is 18.4 Å². The monoisotopic (exact) mass is 274 g/mol. The van der Waals surface area contributed by atoms with Gasteiger partial charge in [0.05, 0.1) is 23.5 Å². The summed E-state index contributed by atoms with van der Waals surface area (Å²) in [6, 6.07) is 8.32. The van der Waals surface area contributed by atoms with Gasteiger partial charge in [-0.3, -0.25) is 4.98 Å². The van der Waals surface area contributed by atoms with E-state index in [1.165, 1.54) is 22.3 Å². The minimum atomic E-state index is 0.187. The van der Waals surface area contributed by atoms with Gasteiger partial charge in [-0.05, 0) is 13.0 Å². The standard InChI is InChI=1S/C15H18N2OS/c1-2-17(7-8-18)15-11-5-3-4-6-13(11)16-14-10-19-9-12(14)15/h3-6,18H,2,7-10H2,1H3. The Morgan fingerprint density at radius 2 is 2.16 bits per heavy atom. The van der Waals surface area contributed by atoms with Gasteiger partial charge in [0.1, 0.15) is 0 Å². The van der Waals surface area contributed by atoms with Crippen molar-refractivity contribution in [2.24, 2.45) is 0 Å². The molecule has 0 fully saturated rings. The van der Waals surface area contributed by atoms with Crippen LogP contribution in [0.1, 0.15) is 18.2 Å². The molecule has 2 heterocycles. The van der Waals surface area contributed by atoms with E-state index in [0.717, 1.165) is 23.6 Å². The first-order valence-electron chi connectivity index (χ1n) is 6.69. The van der Waals surface area contributed by atoms with E-state index in [-0.39, 0.29) is 6.61 Å². The number of para-hydroxylation sites is 1. The molecule has 0 bridgehead atoms. The Morgan fingerprint density at radius 3 is 2.95 bits per heavy atom. The van der Waals surface area contributed by atoms with Gasteiger partial charge in [-0.1, -0.05) is 18.2 Å². The molecule has 0 aliphatic carbocycles. The minimum Gasteiger partial charge on any atom is -0.395 e. The lowest BCUT2D eigenvalue weighted by atomic mass is 10.1. The summed E-state index contributed by atoms with van der Waals surface area (Å²) in [6.07, 6.45) is 0. The number of pyridine rings is 1. The molecule has 0 saturated carbocycles. The van der Waals surface area contributed by atoms with E-state index in [1.807, 2.05) is 17.8 Å². The Labute approximate surface area is 117 Å². The van der Waals surface area contributed by atoms with E-state index >= 15 is 0 Å². The van der Waals surface area contributed by atoms with E-state index in [9.17, 15) is 5.11 Å². The van der Waals surface area contributed by atoms with E-state index in [1.54, 1.807) is 0 Å². The highest BCUT2D eigenvalue weighted by atomic mass is 32.2. The van der Waals surface area contributed by atoms with Crippen LogP contribution in [0, 0.1) is 0 Å². The molecular formula is C15H18N2OS. The molecule has 19 heavy (non-hydrogen) atoms. The summed E-state index contributed by atoms with van der Waals surface area (Å²) < 4.78 is 0. The largest absolute Gasteiger partial charge is 0.395 e. The summed E-state index contributed by atoms with van der Waals surface area (Å²) in [5.41, 5.74) is 4.92. The molecule has 100 valence electrons. The maximum Gasteiger partial charge on any atom is 0.0726 e. The number of aliphatic hydroxyl groups is 1. The predicted octanol–water partition coefficient (Wildman–Crippen LogP) is 2.80. The van der Waals surface area contributed by atoms with Gasteiger partial charge < -0.3 is 10.0 Å². The number of hydrogen-bond acceptors (Lipinski definition) is 4. The molecule has 1 aliphatic rings.